The van der Waals surface area contributed by atoms with Crippen LogP contribution in [-0.2, 0) is 33.6 Å². The molecule has 0 atom stereocenters. The number of sulfone groups is 1. The lowest BCUT2D eigenvalue weighted by molar-refractivity contribution is -0.222. The quantitative estimate of drug-likeness (QED) is 0.418. The van der Waals surface area contributed by atoms with E-state index in [1.807, 2.05) is 0 Å². The van der Waals surface area contributed by atoms with Crippen molar-refractivity contribution in [3.63, 3.8) is 0 Å². The molecule has 0 amide bonds. The van der Waals surface area contributed by atoms with Crippen molar-refractivity contribution >= 4 is 33.2 Å². The Kier molecular flexibility index (Phi) is 6.09. The molecule has 3 rings (SSSR count). The molecule has 1 N–H and O–H groups in total. The van der Waals surface area contributed by atoms with E-state index in [-0.39, 0.29) is 16.2 Å². The number of ether oxygens (including phenoxy) is 3. The zero-order chi connectivity index (χ0) is 22.1. The fraction of sp³-hybridized carbons (Fsp3) is 0.500. The SMILES string of the molecule is CC(C)S(=O)(=O)c1ccc(N2CCOCC2)cc1NC=C1C(=O)OC(C)(C)OC1=O. The Labute approximate surface area is 175 Å². The van der Waals surface area contributed by atoms with Crippen molar-refractivity contribution in [2.24, 2.45) is 0 Å². The van der Waals surface area contributed by atoms with Gasteiger partial charge in [0, 0.05) is 38.8 Å². The summed E-state index contributed by atoms with van der Waals surface area (Å²) in [6, 6.07) is 4.95. The van der Waals surface area contributed by atoms with Gasteiger partial charge in [0.05, 0.1) is 29.0 Å². The van der Waals surface area contributed by atoms with E-state index in [1.165, 1.54) is 19.9 Å². The molecule has 1 aromatic carbocycles. The Morgan fingerprint density at radius 1 is 1.10 bits per heavy atom. The van der Waals surface area contributed by atoms with Crippen molar-refractivity contribution in [2.75, 3.05) is 36.5 Å². The van der Waals surface area contributed by atoms with Crippen LogP contribution in [0, 0.1) is 0 Å². The summed E-state index contributed by atoms with van der Waals surface area (Å²) in [5.74, 6) is -3.05. The first-order chi connectivity index (χ1) is 14.0. The van der Waals surface area contributed by atoms with Crippen LogP contribution in [0.5, 0.6) is 0 Å². The molecule has 0 spiro atoms. The molecular formula is C20H26N2O7S. The van der Waals surface area contributed by atoms with E-state index in [0.29, 0.717) is 26.3 Å². The summed E-state index contributed by atoms with van der Waals surface area (Å²) in [4.78, 5) is 26.5. The second-order valence-electron chi connectivity index (χ2n) is 7.75. The maximum Gasteiger partial charge on any atom is 0.350 e. The number of nitrogens with one attached hydrogen (secondary N) is 1. The molecule has 10 heteroatoms. The molecule has 2 aliphatic rings. The van der Waals surface area contributed by atoms with E-state index in [4.69, 9.17) is 14.2 Å². The summed E-state index contributed by atoms with van der Waals surface area (Å²) in [7, 11) is -3.62. The van der Waals surface area contributed by atoms with Gasteiger partial charge in [-0.2, -0.15) is 0 Å². The monoisotopic (exact) mass is 438 g/mol. The minimum absolute atomic E-state index is 0.0734. The lowest BCUT2D eigenvalue weighted by Gasteiger charge is -2.30. The van der Waals surface area contributed by atoms with E-state index < -0.39 is 32.8 Å². The summed E-state index contributed by atoms with van der Waals surface area (Å²) in [5, 5.41) is 2.16. The highest BCUT2D eigenvalue weighted by Gasteiger charge is 2.39. The number of nitrogens with zero attached hydrogens (tertiary/aromatic N) is 1. The minimum atomic E-state index is -3.62. The first kappa shape index (κ1) is 22.1. The van der Waals surface area contributed by atoms with Gasteiger partial charge in [0.2, 0.25) is 0 Å². The predicted molar refractivity (Wildman–Crippen MR) is 110 cm³/mol. The first-order valence-electron chi connectivity index (χ1n) is 9.65. The molecule has 0 aromatic heterocycles. The Morgan fingerprint density at radius 3 is 2.27 bits per heavy atom. The molecule has 0 aliphatic carbocycles. The first-order valence-corrected chi connectivity index (χ1v) is 11.2. The molecule has 1 aromatic rings. The Morgan fingerprint density at radius 2 is 1.70 bits per heavy atom. The maximum atomic E-state index is 12.8. The number of hydrogen-bond acceptors (Lipinski definition) is 9. The van der Waals surface area contributed by atoms with Crippen LogP contribution in [0.25, 0.3) is 0 Å². The summed E-state index contributed by atoms with van der Waals surface area (Å²) < 4.78 is 41.2. The number of rotatable bonds is 5. The van der Waals surface area contributed by atoms with Crippen molar-refractivity contribution in [3.8, 4) is 0 Å². The van der Waals surface area contributed by atoms with Gasteiger partial charge in [0.15, 0.2) is 15.4 Å². The smallest absolute Gasteiger partial charge is 0.350 e. The minimum Gasteiger partial charge on any atom is -0.419 e. The van der Waals surface area contributed by atoms with Crippen molar-refractivity contribution < 1.29 is 32.2 Å². The highest BCUT2D eigenvalue weighted by atomic mass is 32.2. The average molecular weight is 439 g/mol. The Bertz CT molecular complexity index is 955. The number of esters is 2. The highest BCUT2D eigenvalue weighted by Crippen LogP contribution is 2.31. The molecule has 9 nitrogen and oxygen atoms in total. The molecule has 30 heavy (non-hydrogen) atoms. The third-order valence-electron chi connectivity index (χ3n) is 4.76. The summed E-state index contributed by atoms with van der Waals surface area (Å²) >= 11 is 0. The molecular weight excluding hydrogens is 412 g/mol. The van der Waals surface area contributed by atoms with Crippen LogP contribution in [0.4, 0.5) is 11.4 Å². The van der Waals surface area contributed by atoms with Crippen LogP contribution in [0.2, 0.25) is 0 Å². The lowest BCUT2D eigenvalue weighted by atomic mass is 10.2. The van der Waals surface area contributed by atoms with Crippen molar-refractivity contribution in [3.05, 3.63) is 30.0 Å². The van der Waals surface area contributed by atoms with E-state index in [9.17, 15) is 18.0 Å². The van der Waals surface area contributed by atoms with Crippen LogP contribution in [-0.4, -0.2) is 57.7 Å². The van der Waals surface area contributed by atoms with Gasteiger partial charge in [-0.15, -0.1) is 0 Å². The molecule has 0 radical (unpaired) electrons. The zero-order valence-electron chi connectivity index (χ0n) is 17.4. The molecule has 2 heterocycles. The molecule has 0 bridgehead atoms. The molecule has 0 unspecified atom stereocenters. The number of cyclic esters (lactones) is 2. The largest absolute Gasteiger partial charge is 0.419 e. The number of benzene rings is 1. The van der Waals surface area contributed by atoms with Crippen LogP contribution in [0.3, 0.4) is 0 Å². The van der Waals surface area contributed by atoms with Gasteiger partial charge in [0.1, 0.15) is 0 Å². The third-order valence-corrected chi connectivity index (χ3v) is 6.97. The van der Waals surface area contributed by atoms with Crippen LogP contribution in [0.1, 0.15) is 27.7 Å². The van der Waals surface area contributed by atoms with Crippen molar-refractivity contribution in [2.45, 2.75) is 43.6 Å². The lowest BCUT2D eigenvalue weighted by Crippen LogP contribution is -2.42. The highest BCUT2D eigenvalue weighted by molar-refractivity contribution is 7.92. The fourth-order valence-electron chi connectivity index (χ4n) is 3.08. The Hall–Kier alpha value is -2.59. The second-order valence-corrected chi connectivity index (χ2v) is 10.2. The number of hydrogen-bond donors (Lipinski definition) is 1. The fourth-order valence-corrected chi connectivity index (χ4v) is 4.27. The predicted octanol–water partition coefficient (Wildman–Crippen LogP) is 1.84. The van der Waals surface area contributed by atoms with Gasteiger partial charge in [-0.1, -0.05) is 0 Å². The standard InChI is InChI=1S/C20H26N2O7S/c1-13(2)30(25,26)17-6-5-14(22-7-9-27-10-8-22)11-16(17)21-12-15-18(23)28-20(3,4)29-19(15)24/h5-6,11-13,21H,7-10H2,1-4H3. The van der Waals surface area contributed by atoms with E-state index >= 15 is 0 Å². The summed E-state index contributed by atoms with van der Waals surface area (Å²) in [6.07, 6.45) is 1.12. The van der Waals surface area contributed by atoms with Gasteiger partial charge in [-0.25, -0.2) is 18.0 Å². The maximum absolute atomic E-state index is 12.8. The van der Waals surface area contributed by atoms with Gasteiger partial charge in [0.25, 0.3) is 5.79 Å². The Balaban J connectivity index is 1.98. The van der Waals surface area contributed by atoms with Crippen LogP contribution < -0.4 is 10.2 Å². The van der Waals surface area contributed by atoms with Gasteiger partial charge in [-0.05, 0) is 32.0 Å². The summed E-state index contributed by atoms with van der Waals surface area (Å²) in [6.45, 7) is 8.57. The van der Waals surface area contributed by atoms with Crippen molar-refractivity contribution in [1.82, 2.24) is 0 Å². The summed E-state index contributed by atoms with van der Waals surface area (Å²) in [5.41, 5.74) is 0.710. The number of carbonyl (C=O) groups is 2. The van der Waals surface area contributed by atoms with E-state index in [0.717, 1.165) is 11.9 Å². The second kappa shape index (κ2) is 8.27. The van der Waals surface area contributed by atoms with Crippen molar-refractivity contribution in [1.29, 1.82) is 0 Å². The normalized spacial score (nSPS) is 19.4. The average Bonchev–Trinajstić information content (AvgIpc) is 2.66. The molecule has 164 valence electrons. The third kappa shape index (κ3) is 4.59. The van der Waals surface area contributed by atoms with E-state index in [2.05, 4.69) is 10.2 Å². The molecule has 2 saturated heterocycles. The van der Waals surface area contributed by atoms with Gasteiger partial charge in [-0.3, -0.25) is 0 Å². The molecule has 2 aliphatic heterocycles. The molecule has 2 fully saturated rings. The zero-order valence-corrected chi connectivity index (χ0v) is 18.2. The molecule has 0 saturated carbocycles. The van der Waals surface area contributed by atoms with Crippen LogP contribution in [0.15, 0.2) is 34.9 Å². The number of anilines is 2. The number of carbonyl (C=O) groups excluding carboxylic acids is 2. The number of morpholine rings is 1. The van der Waals surface area contributed by atoms with Gasteiger partial charge < -0.3 is 24.4 Å². The topological polar surface area (TPSA) is 111 Å². The van der Waals surface area contributed by atoms with Crippen LogP contribution >= 0.6 is 0 Å². The van der Waals surface area contributed by atoms with E-state index in [1.54, 1.807) is 26.0 Å². The van der Waals surface area contributed by atoms with Gasteiger partial charge >= 0.3 is 11.9 Å².